The molecule has 0 radical (unpaired) electrons. The molecule has 0 fully saturated rings. The van der Waals surface area contributed by atoms with Crippen LogP contribution >= 0.6 is 0 Å². The molecule has 0 aliphatic carbocycles. The Bertz CT molecular complexity index is 561. The second kappa shape index (κ2) is 5.70. The SMILES string of the molecule is CC(C)CNCCn1ccc2c(C#N)cccc21. The van der Waals surface area contributed by atoms with Gasteiger partial charge in [0.2, 0.25) is 0 Å². The van der Waals surface area contributed by atoms with Crippen LogP contribution in [0.1, 0.15) is 19.4 Å². The fourth-order valence-corrected chi connectivity index (χ4v) is 2.11. The number of aromatic nitrogens is 1. The molecule has 18 heavy (non-hydrogen) atoms. The van der Waals surface area contributed by atoms with Gasteiger partial charge in [-0.3, -0.25) is 0 Å². The summed E-state index contributed by atoms with van der Waals surface area (Å²) in [5.41, 5.74) is 1.89. The topological polar surface area (TPSA) is 40.8 Å². The maximum absolute atomic E-state index is 9.05. The van der Waals surface area contributed by atoms with Gasteiger partial charge in [0.15, 0.2) is 0 Å². The normalized spacial score (nSPS) is 11.0. The molecule has 2 aromatic rings. The van der Waals surface area contributed by atoms with Crippen LogP contribution in [0.2, 0.25) is 0 Å². The van der Waals surface area contributed by atoms with Gasteiger partial charge >= 0.3 is 0 Å². The Hall–Kier alpha value is -1.79. The number of fused-ring (bicyclic) bond motifs is 1. The zero-order valence-electron chi connectivity index (χ0n) is 11.0. The number of nitriles is 1. The van der Waals surface area contributed by atoms with Crippen molar-refractivity contribution in [2.45, 2.75) is 20.4 Å². The fraction of sp³-hybridized carbons (Fsp3) is 0.400. The highest BCUT2D eigenvalue weighted by Crippen LogP contribution is 2.19. The Morgan fingerprint density at radius 1 is 1.33 bits per heavy atom. The molecule has 1 aromatic heterocycles. The third-order valence-corrected chi connectivity index (χ3v) is 3.02. The Morgan fingerprint density at radius 2 is 2.17 bits per heavy atom. The summed E-state index contributed by atoms with van der Waals surface area (Å²) in [7, 11) is 0. The largest absolute Gasteiger partial charge is 0.346 e. The van der Waals surface area contributed by atoms with E-state index in [1.54, 1.807) is 0 Å². The van der Waals surface area contributed by atoms with Crippen molar-refractivity contribution in [3.05, 3.63) is 36.0 Å². The second-order valence-corrected chi connectivity index (χ2v) is 4.96. The molecule has 0 aliphatic heterocycles. The average molecular weight is 241 g/mol. The van der Waals surface area contributed by atoms with E-state index >= 15 is 0 Å². The van der Waals surface area contributed by atoms with E-state index in [4.69, 9.17) is 5.26 Å². The Morgan fingerprint density at radius 3 is 2.89 bits per heavy atom. The molecule has 0 aliphatic rings. The fourth-order valence-electron chi connectivity index (χ4n) is 2.11. The van der Waals surface area contributed by atoms with Gasteiger partial charge in [0, 0.05) is 30.2 Å². The van der Waals surface area contributed by atoms with Gasteiger partial charge in [0.1, 0.15) is 0 Å². The van der Waals surface area contributed by atoms with Gasteiger partial charge in [-0.2, -0.15) is 5.26 Å². The molecule has 0 unspecified atom stereocenters. The molecule has 94 valence electrons. The second-order valence-electron chi connectivity index (χ2n) is 4.96. The molecule has 0 saturated carbocycles. The molecule has 3 heteroatoms. The first kappa shape index (κ1) is 12.7. The molecule has 1 heterocycles. The Labute approximate surface area is 108 Å². The summed E-state index contributed by atoms with van der Waals surface area (Å²) in [6.45, 7) is 7.35. The number of nitrogens with one attached hydrogen (secondary N) is 1. The molecule has 3 nitrogen and oxygen atoms in total. The third kappa shape index (κ3) is 2.72. The van der Waals surface area contributed by atoms with Crippen LogP contribution in [0.5, 0.6) is 0 Å². The lowest BCUT2D eigenvalue weighted by molar-refractivity contribution is 0.529. The minimum atomic E-state index is 0.677. The smallest absolute Gasteiger partial charge is 0.0998 e. The summed E-state index contributed by atoms with van der Waals surface area (Å²) in [6.07, 6.45) is 2.06. The monoisotopic (exact) mass is 241 g/mol. The van der Waals surface area contributed by atoms with Gasteiger partial charge in [-0.15, -0.1) is 0 Å². The Kier molecular flexibility index (Phi) is 4.01. The first-order valence-electron chi connectivity index (χ1n) is 6.41. The lowest BCUT2D eigenvalue weighted by Gasteiger charge is -2.09. The van der Waals surface area contributed by atoms with Crippen LogP contribution in [0.3, 0.4) is 0 Å². The van der Waals surface area contributed by atoms with E-state index in [1.807, 2.05) is 18.2 Å². The number of nitrogens with zero attached hydrogens (tertiary/aromatic N) is 2. The molecule has 1 aromatic carbocycles. The van der Waals surface area contributed by atoms with E-state index < -0.39 is 0 Å². The zero-order valence-corrected chi connectivity index (χ0v) is 11.0. The van der Waals surface area contributed by atoms with E-state index in [0.717, 1.165) is 36.1 Å². The van der Waals surface area contributed by atoms with Crippen LogP contribution in [0, 0.1) is 17.2 Å². The summed E-state index contributed by atoms with van der Waals surface area (Å²) >= 11 is 0. The predicted molar refractivity (Wildman–Crippen MR) is 74.4 cm³/mol. The lowest BCUT2D eigenvalue weighted by atomic mass is 10.1. The summed E-state index contributed by atoms with van der Waals surface area (Å²) in [5.74, 6) is 0.677. The molecule has 0 amide bonds. The van der Waals surface area contributed by atoms with Crippen molar-refractivity contribution in [1.29, 1.82) is 5.26 Å². The molecular weight excluding hydrogens is 222 g/mol. The van der Waals surface area contributed by atoms with E-state index in [9.17, 15) is 0 Å². The van der Waals surface area contributed by atoms with Crippen LogP contribution in [-0.2, 0) is 6.54 Å². The molecule has 0 spiro atoms. The van der Waals surface area contributed by atoms with Crippen molar-refractivity contribution in [1.82, 2.24) is 9.88 Å². The van der Waals surface area contributed by atoms with Gasteiger partial charge in [0.05, 0.1) is 11.6 Å². The van der Waals surface area contributed by atoms with Crippen molar-refractivity contribution in [3.63, 3.8) is 0 Å². The molecule has 0 bridgehead atoms. The summed E-state index contributed by atoms with van der Waals surface area (Å²) < 4.78 is 2.20. The van der Waals surface area contributed by atoms with Crippen LogP contribution in [-0.4, -0.2) is 17.7 Å². The zero-order chi connectivity index (χ0) is 13.0. The molecular formula is C15H19N3. The quantitative estimate of drug-likeness (QED) is 0.818. The number of benzene rings is 1. The van der Waals surface area contributed by atoms with Crippen LogP contribution in [0.4, 0.5) is 0 Å². The van der Waals surface area contributed by atoms with Crippen LogP contribution in [0.25, 0.3) is 10.9 Å². The highest BCUT2D eigenvalue weighted by Gasteiger charge is 2.04. The highest BCUT2D eigenvalue weighted by atomic mass is 15.0. The lowest BCUT2D eigenvalue weighted by Crippen LogP contribution is -2.23. The minimum Gasteiger partial charge on any atom is -0.346 e. The molecule has 0 atom stereocenters. The van der Waals surface area contributed by atoms with Crippen molar-refractivity contribution in [2.75, 3.05) is 13.1 Å². The standard InChI is InChI=1S/C15H19N3/c1-12(2)11-17-7-9-18-8-6-14-13(10-16)4-3-5-15(14)18/h3-6,8,12,17H,7,9,11H2,1-2H3. The van der Waals surface area contributed by atoms with E-state index in [0.29, 0.717) is 5.92 Å². The van der Waals surface area contributed by atoms with Crippen molar-refractivity contribution >= 4 is 10.9 Å². The van der Waals surface area contributed by atoms with Gasteiger partial charge in [-0.25, -0.2) is 0 Å². The van der Waals surface area contributed by atoms with Crippen LogP contribution in [0.15, 0.2) is 30.5 Å². The number of rotatable bonds is 5. The van der Waals surface area contributed by atoms with E-state index in [2.05, 4.69) is 42.1 Å². The van der Waals surface area contributed by atoms with Gasteiger partial charge in [0.25, 0.3) is 0 Å². The van der Waals surface area contributed by atoms with E-state index in [1.165, 1.54) is 0 Å². The average Bonchev–Trinajstić information content (AvgIpc) is 2.77. The summed E-state index contributed by atoms with van der Waals surface area (Å²) in [5, 5.41) is 13.5. The first-order valence-corrected chi connectivity index (χ1v) is 6.41. The summed E-state index contributed by atoms with van der Waals surface area (Å²) in [6, 6.07) is 10.1. The van der Waals surface area contributed by atoms with E-state index in [-0.39, 0.29) is 0 Å². The number of hydrogen-bond acceptors (Lipinski definition) is 2. The molecule has 2 rings (SSSR count). The maximum atomic E-state index is 9.05. The van der Waals surface area contributed by atoms with Crippen molar-refractivity contribution < 1.29 is 0 Å². The Balaban J connectivity index is 2.08. The van der Waals surface area contributed by atoms with Crippen molar-refractivity contribution in [3.8, 4) is 6.07 Å². The molecule has 1 N–H and O–H groups in total. The third-order valence-electron chi connectivity index (χ3n) is 3.02. The maximum Gasteiger partial charge on any atom is 0.0998 e. The summed E-state index contributed by atoms with van der Waals surface area (Å²) in [4.78, 5) is 0. The van der Waals surface area contributed by atoms with Gasteiger partial charge in [-0.1, -0.05) is 19.9 Å². The van der Waals surface area contributed by atoms with Gasteiger partial charge < -0.3 is 9.88 Å². The minimum absolute atomic E-state index is 0.677. The van der Waals surface area contributed by atoms with Crippen molar-refractivity contribution in [2.24, 2.45) is 5.92 Å². The van der Waals surface area contributed by atoms with Gasteiger partial charge in [-0.05, 0) is 30.7 Å². The number of hydrogen-bond donors (Lipinski definition) is 1. The molecule has 0 saturated heterocycles. The van der Waals surface area contributed by atoms with Crippen LogP contribution < -0.4 is 5.32 Å². The first-order chi connectivity index (χ1) is 8.72. The predicted octanol–water partition coefficient (Wildman–Crippen LogP) is 2.76. The highest BCUT2D eigenvalue weighted by molar-refractivity contribution is 5.85.